The third-order valence-corrected chi connectivity index (χ3v) is 6.22. The Labute approximate surface area is 207 Å². The Kier molecular flexibility index (Phi) is 7.17. The van der Waals surface area contributed by atoms with Crippen molar-refractivity contribution in [2.75, 3.05) is 13.1 Å². The summed E-state index contributed by atoms with van der Waals surface area (Å²) < 4.78 is 39.9. The molecule has 186 valence electrons. The summed E-state index contributed by atoms with van der Waals surface area (Å²) in [5.41, 5.74) is 6.79. The molecule has 0 aliphatic heterocycles. The van der Waals surface area contributed by atoms with Crippen LogP contribution in [0.25, 0.3) is 27.4 Å². The second kappa shape index (κ2) is 10.3. The summed E-state index contributed by atoms with van der Waals surface area (Å²) in [4.78, 5) is 24.7. The summed E-state index contributed by atoms with van der Waals surface area (Å²) >= 11 is 1.28. The van der Waals surface area contributed by atoms with E-state index in [0.29, 0.717) is 52.5 Å². The number of nitrogens with zero attached hydrogens (tertiary/aromatic N) is 3. The van der Waals surface area contributed by atoms with Gasteiger partial charge in [-0.3, -0.25) is 4.79 Å². The molecule has 4 rings (SSSR count). The number of nitrogens with one attached hydrogen (secondary N) is 1. The number of carbonyl (C=O) groups is 2. The maximum absolute atomic E-state index is 12.8. The number of aromatic nitrogens is 3. The summed E-state index contributed by atoms with van der Waals surface area (Å²) in [5.74, 6) is -1.41. The van der Waals surface area contributed by atoms with Crippen molar-refractivity contribution in [1.82, 2.24) is 20.3 Å². The standard InChI is InChI=1S/C24H20F3N5O3S/c25-24(26,27)18-4-2-14(3-5-18)20-12-32(31-30-20)19-9-15(8-16(10-19)23(34)35)21-11-17(13-36-21)22(33)29-7-1-6-28/h2-5,8-13H,1,6-7,28H2,(H,29,33)(H,34,35). The van der Waals surface area contributed by atoms with Crippen LogP contribution in [-0.4, -0.2) is 45.1 Å². The lowest BCUT2D eigenvalue weighted by molar-refractivity contribution is -0.137. The fourth-order valence-electron chi connectivity index (χ4n) is 3.37. The van der Waals surface area contributed by atoms with Gasteiger partial charge in [0.15, 0.2) is 0 Å². The van der Waals surface area contributed by atoms with E-state index in [0.717, 1.165) is 12.1 Å². The van der Waals surface area contributed by atoms with Gasteiger partial charge in [-0.15, -0.1) is 16.4 Å². The summed E-state index contributed by atoms with van der Waals surface area (Å²) in [7, 11) is 0. The molecule has 36 heavy (non-hydrogen) atoms. The number of aromatic carboxylic acids is 1. The first kappa shape index (κ1) is 25.1. The Balaban J connectivity index is 1.63. The zero-order chi connectivity index (χ0) is 25.9. The van der Waals surface area contributed by atoms with Crippen molar-refractivity contribution in [2.45, 2.75) is 12.6 Å². The van der Waals surface area contributed by atoms with E-state index in [9.17, 15) is 27.9 Å². The topological polar surface area (TPSA) is 123 Å². The molecule has 0 saturated carbocycles. The second-order valence-corrected chi connectivity index (χ2v) is 8.71. The monoisotopic (exact) mass is 515 g/mol. The zero-order valence-corrected chi connectivity index (χ0v) is 19.4. The van der Waals surface area contributed by atoms with Gasteiger partial charge in [0.2, 0.25) is 0 Å². The number of hydrogen-bond donors (Lipinski definition) is 3. The van der Waals surface area contributed by atoms with Gasteiger partial charge in [0, 0.05) is 22.4 Å². The molecule has 4 N–H and O–H groups in total. The van der Waals surface area contributed by atoms with Gasteiger partial charge in [0.25, 0.3) is 5.91 Å². The van der Waals surface area contributed by atoms with Crippen LogP contribution in [0.1, 0.15) is 32.7 Å². The number of benzene rings is 2. The van der Waals surface area contributed by atoms with E-state index in [1.54, 1.807) is 17.5 Å². The van der Waals surface area contributed by atoms with Crippen LogP contribution in [0, 0.1) is 0 Å². The van der Waals surface area contributed by atoms with E-state index in [1.807, 2.05) is 0 Å². The van der Waals surface area contributed by atoms with Crippen molar-refractivity contribution in [1.29, 1.82) is 0 Å². The number of carboxylic acids is 1. The van der Waals surface area contributed by atoms with Crippen LogP contribution in [0.3, 0.4) is 0 Å². The minimum Gasteiger partial charge on any atom is -0.478 e. The number of amides is 1. The number of nitrogens with two attached hydrogens (primary N) is 1. The van der Waals surface area contributed by atoms with Crippen molar-refractivity contribution in [3.05, 3.63) is 76.8 Å². The highest BCUT2D eigenvalue weighted by atomic mass is 32.1. The van der Waals surface area contributed by atoms with Crippen molar-refractivity contribution in [3.8, 4) is 27.4 Å². The second-order valence-electron chi connectivity index (χ2n) is 7.79. The van der Waals surface area contributed by atoms with Crippen LogP contribution in [-0.2, 0) is 6.18 Å². The molecule has 1 amide bonds. The molecule has 2 heterocycles. The normalized spacial score (nSPS) is 11.4. The Hall–Kier alpha value is -4.03. The van der Waals surface area contributed by atoms with Crippen molar-refractivity contribution in [2.24, 2.45) is 5.73 Å². The lowest BCUT2D eigenvalue weighted by Gasteiger charge is -2.07. The lowest BCUT2D eigenvalue weighted by Crippen LogP contribution is -2.25. The molecular weight excluding hydrogens is 495 g/mol. The highest BCUT2D eigenvalue weighted by Crippen LogP contribution is 2.32. The highest BCUT2D eigenvalue weighted by molar-refractivity contribution is 7.13. The van der Waals surface area contributed by atoms with E-state index in [1.165, 1.54) is 46.5 Å². The summed E-state index contributed by atoms with van der Waals surface area (Å²) in [6.07, 6.45) is -2.30. The lowest BCUT2D eigenvalue weighted by atomic mass is 10.1. The Morgan fingerprint density at radius 2 is 1.81 bits per heavy atom. The van der Waals surface area contributed by atoms with Crippen molar-refractivity contribution < 1.29 is 27.9 Å². The average Bonchev–Trinajstić information content (AvgIpc) is 3.54. The number of alkyl halides is 3. The fraction of sp³-hybridized carbons (Fsp3) is 0.167. The van der Waals surface area contributed by atoms with E-state index in [-0.39, 0.29) is 11.5 Å². The van der Waals surface area contributed by atoms with Crippen LogP contribution in [0.2, 0.25) is 0 Å². The van der Waals surface area contributed by atoms with Gasteiger partial charge < -0.3 is 16.2 Å². The third-order valence-electron chi connectivity index (χ3n) is 5.24. The van der Waals surface area contributed by atoms with E-state index in [4.69, 9.17) is 5.73 Å². The number of hydrogen-bond acceptors (Lipinski definition) is 6. The fourth-order valence-corrected chi connectivity index (χ4v) is 4.25. The molecule has 0 aliphatic carbocycles. The molecule has 2 aromatic carbocycles. The Morgan fingerprint density at radius 1 is 1.06 bits per heavy atom. The molecule has 0 fully saturated rings. The number of halogens is 3. The smallest absolute Gasteiger partial charge is 0.416 e. The van der Waals surface area contributed by atoms with Crippen LogP contribution < -0.4 is 11.1 Å². The van der Waals surface area contributed by atoms with Gasteiger partial charge >= 0.3 is 12.1 Å². The summed E-state index contributed by atoms with van der Waals surface area (Å²) in [5, 5.41) is 22.1. The molecular formula is C24H20F3N5O3S. The van der Waals surface area contributed by atoms with Gasteiger partial charge in [0.05, 0.1) is 28.6 Å². The minimum absolute atomic E-state index is 0.00331. The molecule has 0 aliphatic rings. The largest absolute Gasteiger partial charge is 0.478 e. The SMILES string of the molecule is NCCCNC(=O)c1csc(-c2cc(C(=O)O)cc(-n3cc(-c4ccc(C(F)(F)F)cc4)nn3)c2)c1. The molecule has 0 atom stereocenters. The molecule has 0 unspecified atom stereocenters. The van der Waals surface area contributed by atoms with E-state index < -0.39 is 17.7 Å². The molecule has 0 saturated heterocycles. The first-order valence-corrected chi connectivity index (χ1v) is 11.6. The van der Waals surface area contributed by atoms with E-state index in [2.05, 4.69) is 15.6 Å². The van der Waals surface area contributed by atoms with Gasteiger partial charge in [-0.1, -0.05) is 17.3 Å². The summed E-state index contributed by atoms with van der Waals surface area (Å²) in [6, 6.07) is 10.8. The molecule has 8 nitrogen and oxygen atoms in total. The predicted octanol–water partition coefficient (Wildman–Crippen LogP) is 4.46. The Morgan fingerprint density at radius 3 is 2.47 bits per heavy atom. The van der Waals surface area contributed by atoms with E-state index >= 15 is 0 Å². The van der Waals surface area contributed by atoms with Gasteiger partial charge in [0.1, 0.15) is 5.69 Å². The number of carbonyl (C=O) groups excluding carboxylic acids is 1. The van der Waals surface area contributed by atoms with Crippen molar-refractivity contribution >= 4 is 23.2 Å². The first-order valence-electron chi connectivity index (χ1n) is 10.7. The quantitative estimate of drug-likeness (QED) is 0.298. The third kappa shape index (κ3) is 5.61. The highest BCUT2D eigenvalue weighted by Gasteiger charge is 2.30. The molecule has 2 aromatic heterocycles. The zero-order valence-electron chi connectivity index (χ0n) is 18.6. The maximum atomic E-state index is 12.8. The summed E-state index contributed by atoms with van der Waals surface area (Å²) in [6.45, 7) is 0.912. The molecule has 4 aromatic rings. The number of thiophene rings is 1. The van der Waals surface area contributed by atoms with Crippen LogP contribution >= 0.6 is 11.3 Å². The minimum atomic E-state index is -4.45. The van der Waals surface area contributed by atoms with Crippen LogP contribution in [0.15, 0.2) is 60.1 Å². The molecule has 0 radical (unpaired) electrons. The van der Waals surface area contributed by atoms with Gasteiger partial charge in [-0.25, -0.2) is 9.48 Å². The number of carboxylic acid groups (broad SMARTS) is 1. The van der Waals surface area contributed by atoms with Gasteiger partial charge in [-0.05, 0) is 54.9 Å². The first-order chi connectivity index (χ1) is 17.2. The molecule has 0 bridgehead atoms. The average molecular weight is 516 g/mol. The molecule has 12 heteroatoms. The molecule has 0 spiro atoms. The Bertz CT molecular complexity index is 1400. The predicted molar refractivity (Wildman–Crippen MR) is 128 cm³/mol. The van der Waals surface area contributed by atoms with Crippen molar-refractivity contribution in [3.63, 3.8) is 0 Å². The van der Waals surface area contributed by atoms with Crippen LogP contribution in [0.4, 0.5) is 13.2 Å². The number of rotatable bonds is 8. The van der Waals surface area contributed by atoms with Crippen LogP contribution in [0.5, 0.6) is 0 Å². The maximum Gasteiger partial charge on any atom is 0.416 e. The van der Waals surface area contributed by atoms with Gasteiger partial charge in [-0.2, -0.15) is 13.2 Å².